The van der Waals surface area contributed by atoms with E-state index in [0.717, 1.165) is 17.5 Å². The maximum absolute atomic E-state index is 12.1. The number of nitrogens with one attached hydrogen (secondary N) is 1. The molecule has 1 saturated heterocycles. The Morgan fingerprint density at radius 1 is 1.20 bits per heavy atom. The zero-order valence-corrected chi connectivity index (χ0v) is 14.0. The van der Waals surface area contributed by atoms with Gasteiger partial charge in [-0.15, -0.1) is 0 Å². The van der Waals surface area contributed by atoms with E-state index in [4.69, 9.17) is 14.2 Å². The normalized spacial score (nSPS) is 14.9. The minimum absolute atomic E-state index is 0.0248. The summed E-state index contributed by atoms with van der Waals surface area (Å²) in [5, 5.41) is 12.6. The number of benzene rings is 2. The smallest absolute Gasteiger partial charge is 0.262 e. The van der Waals surface area contributed by atoms with Crippen LogP contribution in [0, 0.1) is 6.92 Å². The molecule has 0 saturated carbocycles. The van der Waals surface area contributed by atoms with Crippen LogP contribution >= 0.6 is 0 Å². The molecule has 2 aromatic rings. The molecule has 2 N–H and O–H groups in total. The molecule has 0 atom stereocenters. The van der Waals surface area contributed by atoms with Crippen LogP contribution in [0.5, 0.6) is 11.5 Å². The monoisotopic (exact) mass is 343 g/mol. The number of phenolic OH excluding ortho intramolecular Hbond substituents is 1. The van der Waals surface area contributed by atoms with Crippen molar-refractivity contribution in [3.8, 4) is 11.5 Å². The summed E-state index contributed by atoms with van der Waals surface area (Å²) >= 11 is 0. The molecule has 2 aromatic carbocycles. The van der Waals surface area contributed by atoms with Crippen LogP contribution in [0.1, 0.15) is 23.8 Å². The summed E-state index contributed by atoms with van der Waals surface area (Å²) in [4.78, 5) is 12.1. The number of anilines is 1. The maximum Gasteiger partial charge on any atom is 0.262 e. The van der Waals surface area contributed by atoms with Gasteiger partial charge in [0.1, 0.15) is 11.5 Å². The van der Waals surface area contributed by atoms with Crippen LogP contribution in [-0.2, 0) is 14.3 Å². The van der Waals surface area contributed by atoms with E-state index < -0.39 is 6.29 Å². The first kappa shape index (κ1) is 17.3. The molecule has 6 heteroatoms. The third kappa shape index (κ3) is 4.71. The number of hydrogen-bond donors (Lipinski definition) is 2. The number of rotatable bonds is 5. The second-order valence-electron chi connectivity index (χ2n) is 5.85. The fourth-order valence-electron chi connectivity index (χ4n) is 2.45. The molecule has 1 aliphatic heterocycles. The molecule has 1 fully saturated rings. The number of ether oxygens (including phenoxy) is 3. The zero-order valence-electron chi connectivity index (χ0n) is 14.0. The van der Waals surface area contributed by atoms with Crippen molar-refractivity contribution in [1.29, 1.82) is 0 Å². The predicted octanol–water partition coefficient (Wildman–Crippen LogP) is 3.15. The Kier molecular flexibility index (Phi) is 5.53. The number of amides is 1. The Labute approximate surface area is 146 Å². The SMILES string of the molecule is Cc1ccc(OCC(=O)Nc2cc(C3OCCCO3)ccc2O)cc1. The van der Waals surface area contributed by atoms with Gasteiger partial charge in [0.15, 0.2) is 12.9 Å². The quantitative estimate of drug-likeness (QED) is 0.816. The Morgan fingerprint density at radius 3 is 2.64 bits per heavy atom. The van der Waals surface area contributed by atoms with Gasteiger partial charge < -0.3 is 24.6 Å². The lowest BCUT2D eigenvalue weighted by atomic mass is 10.1. The highest BCUT2D eigenvalue weighted by molar-refractivity contribution is 5.93. The third-order valence-electron chi connectivity index (χ3n) is 3.78. The number of phenols is 1. The van der Waals surface area contributed by atoms with E-state index in [-0.39, 0.29) is 18.3 Å². The van der Waals surface area contributed by atoms with E-state index in [1.165, 1.54) is 6.07 Å². The molecule has 132 valence electrons. The van der Waals surface area contributed by atoms with Crippen LogP contribution in [0.25, 0.3) is 0 Å². The van der Waals surface area contributed by atoms with Crippen molar-refractivity contribution in [2.24, 2.45) is 0 Å². The van der Waals surface area contributed by atoms with Crippen molar-refractivity contribution in [2.45, 2.75) is 19.6 Å². The minimum Gasteiger partial charge on any atom is -0.506 e. The van der Waals surface area contributed by atoms with Crippen LogP contribution in [0.2, 0.25) is 0 Å². The summed E-state index contributed by atoms with van der Waals surface area (Å²) in [6, 6.07) is 12.3. The first-order valence-electron chi connectivity index (χ1n) is 8.17. The van der Waals surface area contributed by atoms with Crippen molar-refractivity contribution in [1.82, 2.24) is 0 Å². The Bertz CT molecular complexity index is 723. The van der Waals surface area contributed by atoms with Gasteiger partial charge in [-0.05, 0) is 37.6 Å². The second kappa shape index (κ2) is 8.00. The van der Waals surface area contributed by atoms with E-state index in [9.17, 15) is 9.90 Å². The predicted molar refractivity (Wildman–Crippen MR) is 92.7 cm³/mol. The summed E-state index contributed by atoms with van der Waals surface area (Å²) in [6.07, 6.45) is 0.378. The Balaban J connectivity index is 1.60. The van der Waals surface area contributed by atoms with Gasteiger partial charge in [0.25, 0.3) is 5.91 Å². The van der Waals surface area contributed by atoms with Crippen molar-refractivity contribution in [2.75, 3.05) is 25.1 Å². The van der Waals surface area contributed by atoms with Crippen molar-refractivity contribution in [3.63, 3.8) is 0 Å². The van der Waals surface area contributed by atoms with Crippen LogP contribution in [0.3, 0.4) is 0 Å². The van der Waals surface area contributed by atoms with E-state index in [2.05, 4.69) is 5.32 Å². The number of hydrogen-bond acceptors (Lipinski definition) is 5. The average molecular weight is 343 g/mol. The number of aromatic hydroxyl groups is 1. The van der Waals surface area contributed by atoms with Crippen LogP contribution < -0.4 is 10.1 Å². The topological polar surface area (TPSA) is 77.0 Å². The zero-order chi connectivity index (χ0) is 17.6. The standard InChI is InChI=1S/C19H21NO5/c1-13-3-6-15(7-4-13)25-12-18(22)20-16-11-14(5-8-17(16)21)19-23-9-2-10-24-19/h3-8,11,19,21H,2,9-10,12H2,1H3,(H,20,22). The van der Waals surface area contributed by atoms with Gasteiger partial charge in [0.05, 0.1) is 18.9 Å². The summed E-state index contributed by atoms with van der Waals surface area (Å²) in [5.74, 6) is 0.226. The van der Waals surface area contributed by atoms with Gasteiger partial charge in [-0.2, -0.15) is 0 Å². The molecule has 0 unspecified atom stereocenters. The molecule has 6 nitrogen and oxygen atoms in total. The van der Waals surface area contributed by atoms with Crippen LogP contribution in [0.15, 0.2) is 42.5 Å². The molecule has 0 spiro atoms. The van der Waals surface area contributed by atoms with Crippen molar-refractivity contribution in [3.05, 3.63) is 53.6 Å². The molecule has 3 rings (SSSR count). The van der Waals surface area contributed by atoms with Gasteiger partial charge in [0, 0.05) is 5.56 Å². The lowest BCUT2D eigenvalue weighted by molar-refractivity contribution is -0.183. The minimum atomic E-state index is -0.478. The fraction of sp³-hybridized carbons (Fsp3) is 0.316. The summed E-state index contributed by atoms with van der Waals surface area (Å²) in [6.45, 7) is 3.07. The highest BCUT2D eigenvalue weighted by atomic mass is 16.7. The number of aryl methyl sites for hydroxylation is 1. The van der Waals surface area contributed by atoms with Crippen LogP contribution in [0.4, 0.5) is 5.69 Å². The Hall–Kier alpha value is -2.57. The molecule has 25 heavy (non-hydrogen) atoms. The van der Waals surface area contributed by atoms with E-state index in [0.29, 0.717) is 24.7 Å². The first-order chi connectivity index (χ1) is 12.1. The van der Waals surface area contributed by atoms with E-state index in [1.54, 1.807) is 24.3 Å². The van der Waals surface area contributed by atoms with E-state index >= 15 is 0 Å². The third-order valence-corrected chi connectivity index (χ3v) is 3.78. The number of carbonyl (C=O) groups is 1. The lowest BCUT2D eigenvalue weighted by Gasteiger charge is -2.24. The highest BCUT2D eigenvalue weighted by Crippen LogP contribution is 2.30. The van der Waals surface area contributed by atoms with Crippen molar-refractivity contribution < 1.29 is 24.1 Å². The molecule has 1 amide bonds. The van der Waals surface area contributed by atoms with Gasteiger partial charge in [-0.1, -0.05) is 23.8 Å². The number of carbonyl (C=O) groups excluding carboxylic acids is 1. The molecule has 0 radical (unpaired) electrons. The molecule has 1 aliphatic rings. The molecule has 1 heterocycles. The average Bonchev–Trinajstić information content (AvgIpc) is 2.64. The molecule has 0 aromatic heterocycles. The van der Waals surface area contributed by atoms with Gasteiger partial charge in [-0.25, -0.2) is 0 Å². The molecular weight excluding hydrogens is 322 g/mol. The highest BCUT2D eigenvalue weighted by Gasteiger charge is 2.18. The van der Waals surface area contributed by atoms with Crippen molar-refractivity contribution >= 4 is 11.6 Å². The maximum atomic E-state index is 12.1. The van der Waals surface area contributed by atoms with Crippen LogP contribution in [-0.4, -0.2) is 30.8 Å². The summed E-state index contributed by atoms with van der Waals surface area (Å²) in [5.41, 5.74) is 2.16. The molecule has 0 bridgehead atoms. The van der Waals surface area contributed by atoms with E-state index in [1.807, 2.05) is 19.1 Å². The van der Waals surface area contributed by atoms with Gasteiger partial charge in [-0.3, -0.25) is 4.79 Å². The lowest BCUT2D eigenvalue weighted by Crippen LogP contribution is -2.21. The summed E-state index contributed by atoms with van der Waals surface area (Å²) < 4.78 is 16.5. The molecule has 0 aliphatic carbocycles. The van der Waals surface area contributed by atoms with Gasteiger partial charge in [0.2, 0.25) is 0 Å². The summed E-state index contributed by atoms with van der Waals surface area (Å²) in [7, 11) is 0. The second-order valence-corrected chi connectivity index (χ2v) is 5.85. The van der Waals surface area contributed by atoms with Gasteiger partial charge >= 0.3 is 0 Å². The molecular formula is C19H21NO5. The first-order valence-corrected chi connectivity index (χ1v) is 8.17. The largest absolute Gasteiger partial charge is 0.506 e. The fourth-order valence-corrected chi connectivity index (χ4v) is 2.45. The Morgan fingerprint density at radius 2 is 1.92 bits per heavy atom.